The fourth-order valence-corrected chi connectivity index (χ4v) is 2.51. The summed E-state index contributed by atoms with van der Waals surface area (Å²) in [5, 5.41) is 26.4. The van der Waals surface area contributed by atoms with Crippen molar-refractivity contribution in [3.8, 4) is 11.5 Å². The number of carbonyl (C=O) groups is 6. The number of ketones is 2. The summed E-state index contributed by atoms with van der Waals surface area (Å²) in [5.41, 5.74) is -0.741. The van der Waals surface area contributed by atoms with Crippen molar-refractivity contribution in [1.82, 2.24) is 0 Å². The molecule has 0 aliphatic rings. The predicted octanol–water partition coefficient (Wildman–Crippen LogP) is 3.27. The van der Waals surface area contributed by atoms with E-state index in [9.17, 15) is 39.0 Å². The Morgan fingerprint density at radius 1 is 0.676 bits per heavy atom. The summed E-state index contributed by atoms with van der Waals surface area (Å²) in [6.45, 7) is 2.36. The van der Waals surface area contributed by atoms with E-state index in [-0.39, 0.29) is 22.9 Å². The van der Waals surface area contributed by atoms with Gasteiger partial charge in [-0.3, -0.25) is 19.2 Å². The van der Waals surface area contributed by atoms with Gasteiger partial charge in [0.1, 0.15) is 47.0 Å². The highest BCUT2D eigenvalue weighted by molar-refractivity contribution is 5.98. The topological polar surface area (TPSA) is 186 Å². The number of rotatable bonds is 10. The van der Waals surface area contributed by atoms with Crippen LogP contribution in [0.15, 0.2) is 46.6 Å². The molecule has 0 atom stereocenters. The third-order valence-corrected chi connectivity index (χ3v) is 3.90. The first kappa shape index (κ1) is 25.5. The minimum atomic E-state index is -1.42. The van der Waals surface area contributed by atoms with Crippen LogP contribution >= 0.6 is 0 Å². The number of aromatic carboxylic acids is 2. The lowest BCUT2D eigenvalue weighted by atomic mass is 10.1. The van der Waals surface area contributed by atoms with Crippen molar-refractivity contribution in [3.05, 3.63) is 47.5 Å². The van der Waals surface area contributed by atoms with Crippen molar-refractivity contribution in [2.24, 2.45) is 10.2 Å². The van der Waals surface area contributed by atoms with Crippen molar-refractivity contribution in [2.75, 3.05) is 0 Å². The molecule has 0 fully saturated rings. The number of nitrogens with zero attached hydrogens (tertiary/aromatic N) is 2. The Morgan fingerprint density at radius 2 is 1.03 bits per heavy atom. The third kappa shape index (κ3) is 7.44. The number of esters is 2. The molecule has 0 aliphatic heterocycles. The molecule has 12 heteroatoms. The quantitative estimate of drug-likeness (QED) is 0.226. The summed E-state index contributed by atoms with van der Waals surface area (Å²) in [4.78, 5) is 68.3. The van der Waals surface area contributed by atoms with Crippen LogP contribution in [0.5, 0.6) is 11.5 Å². The van der Waals surface area contributed by atoms with Gasteiger partial charge in [0.15, 0.2) is 0 Å². The third-order valence-electron chi connectivity index (χ3n) is 3.90. The number of carboxylic acid groups (broad SMARTS) is 2. The molecular weight excluding hydrogens is 452 g/mol. The summed E-state index contributed by atoms with van der Waals surface area (Å²) < 4.78 is 9.81. The number of carbonyl (C=O) groups excluding carboxylic acids is 4. The predicted molar refractivity (Wildman–Crippen MR) is 113 cm³/mol. The summed E-state index contributed by atoms with van der Waals surface area (Å²) in [7, 11) is 0. The Balaban J connectivity index is 2.28. The van der Waals surface area contributed by atoms with Crippen LogP contribution in [0.3, 0.4) is 0 Å². The standard InChI is InChI=1S/C22H18N2O10/c1-11(25)7-19(27)33-17-5-3-13(9-15(17)21(29)30)23-24-14-4-6-18(16(10-14)22(31)32)34-20(28)8-12(2)26/h3-6,9-10H,7-8H2,1-2H3,(H,29,30)(H,31,32). The lowest BCUT2D eigenvalue weighted by Crippen LogP contribution is -2.14. The van der Waals surface area contributed by atoms with Crippen LogP contribution in [0, 0.1) is 0 Å². The molecule has 12 nitrogen and oxygen atoms in total. The van der Waals surface area contributed by atoms with E-state index in [2.05, 4.69) is 10.2 Å². The van der Waals surface area contributed by atoms with Gasteiger partial charge in [0.05, 0.1) is 11.4 Å². The second kappa shape index (κ2) is 11.2. The van der Waals surface area contributed by atoms with Crippen molar-refractivity contribution in [1.29, 1.82) is 0 Å². The van der Waals surface area contributed by atoms with Gasteiger partial charge in [-0.05, 0) is 50.2 Å². The molecule has 0 spiro atoms. The minimum absolute atomic E-state index is 0.0394. The van der Waals surface area contributed by atoms with E-state index < -0.39 is 59.4 Å². The first-order valence-corrected chi connectivity index (χ1v) is 9.53. The molecule has 2 N–H and O–H groups in total. The number of benzene rings is 2. The number of carboxylic acids is 2. The summed E-state index contributed by atoms with van der Waals surface area (Å²) >= 11 is 0. The maximum Gasteiger partial charge on any atom is 0.339 e. The van der Waals surface area contributed by atoms with Crippen LogP contribution in [-0.4, -0.2) is 45.7 Å². The Kier molecular flexibility index (Phi) is 8.42. The molecule has 0 radical (unpaired) electrons. The monoisotopic (exact) mass is 470 g/mol. The normalized spacial score (nSPS) is 10.5. The molecule has 0 aliphatic carbocycles. The average molecular weight is 470 g/mol. The lowest BCUT2D eigenvalue weighted by molar-refractivity contribution is -0.139. The zero-order chi connectivity index (χ0) is 25.4. The molecule has 0 bridgehead atoms. The van der Waals surface area contributed by atoms with Crippen molar-refractivity contribution >= 4 is 46.8 Å². The van der Waals surface area contributed by atoms with Crippen molar-refractivity contribution in [3.63, 3.8) is 0 Å². The molecular formula is C22H18N2O10. The SMILES string of the molecule is CC(=O)CC(=O)Oc1ccc(N=Nc2ccc(OC(=O)CC(C)=O)c(C(=O)O)c2)cc1C(=O)O. The van der Waals surface area contributed by atoms with Crippen LogP contribution < -0.4 is 9.47 Å². The van der Waals surface area contributed by atoms with E-state index in [0.29, 0.717) is 0 Å². The van der Waals surface area contributed by atoms with Gasteiger partial charge in [-0.1, -0.05) is 0 Å². The van der Waals surface area contributed by atoms with Gasteiger partial charge in [-0.25, -0.2) is 9.59 Å². The van der Waals surface area contributed by atoms with Crippen molar-refractivity contribution in [2.45, 2.75) is 26.7 Å². The number of hydrogen-bond donors (Lipinski definition) is 2. The van der Waals surface area contributed by atoms with Crippen LogP contribution in [0.25, 0.3) is 0 Å². The minimum Gasteiger partial charge on any atom is -0.478 e. The molecule has 0 aromatic heterocycles. The van der Waals surface area contributed by atoms with Gasteiger partial charge in [0, 0.05) is 0 Å². The summed E-state index contributed by atoms with van der Waals surface area (Å²) in [6, 6.07) is 7.05. The maximum absolute atomic E-state index is 11.7. The van der Waals surface area contributed by atoms with Crippen LogP contribution in [0.1, 0.15) is 47.4 Å². The molecule has 2 aromatic carbocycles. The maximum atomic E-state index is 11.7. The smallest absolute Gasteiger partial charge is 0.339 e. The van der Waals surface area contributed by atoms with Crippen molar-refractivity contribution < 1.29 is 48.5 Å². The molecule has 0 amide bonds. The molecule has 34 heavy (non-hydrogen) atoms. The van der Waals surface area contributed by atoms with Gasteiger partial charge in [-0.15, -0.1) is 0 Å². The highest BCUT2D eigenvalue weighted by Crippen LogP contribution is 2.29. The van der Waals surface area contributed by atoms with Gasteiger partial charge >= 0.3 is 23.9 Å². The van der Waals surface area contributed by atoms with Gasteiger partial charge in [0.25, 0.3) is 0 Å². The lowest BCUT2D eigenvalue weighted by Gasteiger charge is -2.08. The van der Waals surface area contributed by atoms with E-state index in [1.807, 2.05) is 0 Å². The van der Waals surface area contributed by atoms with Gasteiger partial charge in [-0.2, -0.15) is 10.2 Å². The molecule has 0 unspecified atom stereocenters. The van der Waals surface area contributed by atoms with E-state index in [1.165, 1.54) is 26.0 Å². The first-order valence-electron chi connectivity index (χ1n) is 9.53. The molecule has 176 valence electrons. The second-order valence-corrected chi connectivity index (χ2v) is 6.88. The average Bonchev–Trinajstić information content (AvgIpc) is 2.72. The molecule has 0 saturated heterocycles. The first-order chi connectivity index (χ1) is 16.0. The molecule has 2 rings (SSSR count). The number of azo groups is 1. The Labute approximate surface area is 191 Å². The Morgan fingerprint density at radius 3 is 1.32 bits per heavy atom. The zero-order valence-corrected chi connectivity index (χ0v) is 17.9. The Bertz CT molecular complexity index is 1120. The van der Waals surface area contributed by atoms with E-state index in [0.717, 1.165) is 24.3 Å². The second-order valence-electron chi connectivity index (χ2n) is 6.88. The van der Waals surface area contributed by atoms with Gasteiger partial charge < -0.3 is 19.7 Å². The molecule has 0 saturated carbocycles. The molecule has 2 aromatic rings. The fourth-order valence-electron chi connectivity index (χ4n) is 2.51. The van der Waals surface area contributed by atoms with Gasteiger partial charge in [0.2, 0.25) is 0 Å². The fraction of sp³-hybridized carbons (Fsp3) is 0.182. The largest absolute Gasteiger partial charge is 0.478 e. The highest BCUT2D eigenvalue weighted by atomic mass is 16.5. The van der Waals surface area contributed by atoms with Crippen LogP contribution in [-0.2, 0) is 19.2 Å². The summed E-state index contributed by atoms with van der Waals surface area (Å²) in [6.07, 6.45) is -1.04. The van der Waals surface area contributed by atoms with E-state index in [1.54, 1.807) is 0 Å². The zero-order valence-electron chi connectivity index (χ0n) is 17.9. The van der Waals surface area contributed by atoms with Crippen LogP contribution in [0.2, 0.25) is 0 Å². The summed E-state index contributed by atoms with van der Waals surface area (Å²) in [5.74, 6) is -6.17. The van der Waals surface area contributed by atoms with E-state index in [4.69, 9.17) is 9.47 Å². The van der Waals surface area contributed by atoms with Crippen LogP contribution in [0.4, 0.5) is 11.4 Å². The number of hydrogen-bond acceptors (Lipinski definition) is 10. The highest BCUT2D eigenvalue weighted by Gasteiger charge is 2.18. The molecule has 0 heterocycles. The number of Topliss-reactive ketones (excluding diaryl/α,β-unsaturated/α-hetero) is 2. The van der Waals surface area contributed by atoms with E-state index >= 15 is 0 Å². The number of ether oxygens (including phenoxy) is 2. The Hall–Kier alpha value is -4.74.